The molecular weight excluding hydrogens is 1190 g/mol. The van der Waals surface area contributed by atoms with Crippen molar-refractivity contribution in [1.82, 2.24) is 40.1 Å². The molecule has 2 fully saturated rings. The number of likely N-dealkylation sites (N-methyl/N-ethyl adjacent to an activating group) is 1. The SMILES string of the molecule is CN(C)C/C=C/C(=O)NC1CCC(C(=O)Nc2cccc(Nc3ncc(Cl)c(-c4c[nH]c5ccccc45)n3)c2)CC1.Cl.NC1CCC(C(=O)Nc2cccc(Nc3ncc(Cl)c(-c4c[nH]c5ccccc45)n3)c2)CC1.O=C(Cl)/C=C/CBr. The third kappa shape index (κ3) is 17.9. The summed E-state index contributed by atoms with van der Waals surface area (Å²) in [5, 5.41) is 18.8. The molecule has 82 heavy (non-hydrogen) atoms. The van der Waals surface area contributed by atoms with E-state index in [2.05, 4.69) is 72.4 Å². The van der Waals surface area contributed by atoms with E-state index in [0.29, 0.717) is 44.3 Å². The van der Waals surface area contributed by atoms with Crippen LogP contribution in [0.1, 0.15) is 51.4 Å². The van der Waals surface area contributed by atoms with Gasteiger partial charge in [-0.15, -0.1) is 12.4 Å². The van der Waals surface area contributed by atoms with E-state index in [-0.39, 0.29) is 54.0 Å². The van der Waals surface area contributed by atoms with Crippen molar-refractivity contribution >= 4 is 143 Å². The molecule has 0 unspecified atom stereocenters. The molecule has 0 aliphatic heterocycles. The van der Waals surface area contributed by atoms with Gasteiger partial charge in [0.25, 0.3) is 0 Å². The van der Waals surface area contributed by atoms with Crippen LogP contribution in [0.2, 0.25) is 10.0 Å². The molecule has 0 radical (unpaired) electrons. The predicted octanol–water partition coefficient (Wildman–Crippen LogP) is 13.4. The molecule has 428 valence electrons. The van der Waals surface area contributed by atoms with Gasteiger partial charge in [-0.25, -0.2) is 19.9 Å². The third-order valence-corrected chi connectivity index (χ3v) is 14.7. The Balaban J connectivity index is 0.000000213. The predicted molar refractivity (Wildman–Crippen MR) is 338 cm³/mol. The lowest BCUT2D eigenvalue weighted by molar-refractivity contribution is -0.121. The number of alkyl halides is 1. The lowest BCUT2D eigenvalue weighted by Crippen LogP contribution is -2.39. The number of anilines is 6. The molecular formula is C60H64BrCl4N13O4. The maximum Gasteiger partial charge on any atom is 0.244 e. The molecule has 2 aliphatic carbocycles. The van der Waals surface area contributed by atoms with E-state index in [1.807, 2.05) is 135 Å². The molecule has 8 aromatic rings. The smallest absolute Gasteiger partial charge is 0.244 e. The van der Waals surface area contributed by atoms with E-state index >= 15 is 0 Å². The molecule has 17 nitrogen and oxygen atoms in total. The number of nitrogens with one attached hydrogen (secondary N) is 7. The van der Waals surface area contributed by atoms with Crippen molar-refractivity contribution in [3.05, 3.63) is 156 Å². The second kappa shape index (κ2) is 30.8. The van der Waals surface area contributed by atoms with Gasteiger partial charge in [-0.05, 0) is 132 Å². The van der Waals surface area contributed by atoms with Gasteiger partial charge in [0.1, 0.15) is 0 Å². The van der Waals surface area contributed by atoms with Crippen LogP contribution in [0.4, 0.5) is 34.6 Å². The molecule has 10 rings (SSSR count). The molecule has 4 aromatic heterocycles. The Labute approximate surface area is 505 Å². The molecule has 0 saturated heterocycles. The van der Waals surface area contributed by atoms with Gasteiger partial charge in [-0.2, -0.15) is 0 Å². The number of aromatic amines is 2. The fourth-order valence-electron chi connectivity index (χ4n) is 9.50. The van der Waals surface area contributed by atoms with E-state index in [9.17, 15) is 19.2 Å². The summed E-state index contributed by atoms with van der Waals surface area (Å²) in [6.45, 7) is 0.718. The lowest BCUT2D eigenvalue weighted by atomic mass is 9.85. The molecule has 2 saturated carbocycles. The molecule has 0 bridgehead atoms. The standard InChI is InChI=1S/C31H34ClN7O2.C25H25ClN6O.C4H4BrClO.ClH/c1-39(2)16-6-11-28(40)35-21-14-12-20(13-15-21)30(41)36-22-7-5-8-23(17-22)37-31-34-19-26(32)29(38-31)25-18-33-27-10-4-3-9-24(25)27;26-21-14-29-25(32-23(21)20-13-28-22-7-2-1-6-19(20)22)31-18-5-3-4-17(12-18)30-24(33)15-8-10-16(27)11-9-15;5-3-1-2-4(6)7;/h3-11,17-21,33H,12-16H2,1-2H3,(H,35,40)(H,36,41)(H,34,37,38);1-7,12-16,28H,8-11,27H2,(H,30,33)(H,29,31,32);1-2H,3H2;1H/b11-6+;;2-1+;. The average molecular weight is 1250 g/mol. The molecule has 0 atom stereocenters. The highest BCUT2D eigenvalue weighted by molar-refractivity contribution is 9.09. The van der Waals surface area contributed by atoms with E-state index < -0.39 is 5.24 Å². The Kier molecular flexibility index (Phi) is 23.4. The second-order valence-electron chi connectivity index (χ2n) is 19.9. The van der Waals surface area contributed by atoms with Crippen LogP contribution in [0.25, 0.3) is 44.3 Å². The third-order valence-electron chi connectivity index (χ3n) is 13.6. The minimum Gasteiger partial charge on any atom is -0.360 e. The number of aromatic nitrogens is 6. The number of benzene rings is 4. The van der Waals surface area contributed by atoms with Crippen molar-refractivity contribution in [3.63, 3.8) is 0 Å². The Morgan fingerprint density at radius 2 is 1.11 bits per heavy atom. The highest BCUT2D eigenvalue weighted by atomic mass is 79.9. The zero-order valence-electron chi connectivity index (χ0n) is 45.1. The number of hydrogen-bond acceptors (Lipinski definition) is 12. The van der Waals surface area contributed by atoms with Crippen LogP contribution in [-0.2, 0) is 19.2 Å². The Hall–Kier alpha value is -7.16. The quantitative estimate of drug-likeness (QED) is 0.0256. The number of nitrogens with zero attached hydrogens (tertiary/aromatic N) is 5. The first kappa shape index (κ1) is 62.4. The average Bonchev–Trinajstić information content (AvgIpc) is 4.16. The van der Waals surface area contributed by atoms with E-state index in [1.165, 1.54) is 6.08 Å². The van der Waals surface area contributed by atoms with Gasteiger partial charge in [0.15, 0.2) is 0 Å². The first-order valence-corrected chi connectivity index (χ1v) is 28.8. The highest BCUT2D eigenvalue weighted by Gasteiger charge is 2.28. The Morgan fingerprint density at radius 3 is 1.56 bits per heavy atom. The van der Waals surface area contributed by atoms with Gasteiger partial charge in [0.05, 0.1) is 33.8 Å². The van der Waals surface area contributed by atoms with E-state index in [4.69, 9.17) is 40.5 Å². The number of halogens is 5. The fraction of sp³-hybridized carbons (Fsp3) is 0.267. The minimum absolute atomic E-state index is 0. The van der Waals surface area contributed by atoms with Crippen LogP contribution in [0, 0.1) is 11.8 Å². The van der Waals surface area contributed by atoms with Crippen molar-refractivity contribution in [2.45, 2.75) is 63.5 Å². The number of para-hydroxylation sites is 2. The zero-order valence-corrected chi connectivity index (χ0v) is 49.8. The van der Waals surface area contributed by atoms with E-state index in [0.717, 1.165) is 108 Å². The first-order valence-electron chi connectivity index (χ1n) is 26.5. The van der Waals surface area contributed by atoms with Crippen molar-refractivity contribution < 1.29 is 19.2 Å². The van der Waals surface area contributed by atoms with Gasteiger partial charge in [0, 0.05) is 110 Å². The Morgan fingerprint density at radius 1 is 0.646 bits per heavy atom. The molecule has 4 aromatic carbocycles. The molecule has 0 spiro atoms. The summed E-state index contributed by atoms with van der Waals surface area (Å²) in [6.07, 6.45) is 19.8. The number of allylic oxidation sites excluding steroid dienone is 2. The molecule has 4 heterocycles. The van der Waals surface area contributed by atoms with Crippen LogP contribution in [0.15, 0.2) is 146 Å². The van der Waals surface area contributed by atoms with Gasteiger partial charge in [-0.1, -0.05) is 99.8 Å². The summed E-state index contributed by atoms with van der Waals surface area (Å²) in [6, 6.07) is 31.3. The number of fused-ring (bicyclic) bond motifs is 2. The highest BCUT2D eigenvalue weighted by Crippen LogP contribution is 2.35. The Bertz CT molecular complexity index is 3520. The van der Waals surface area contributed by atoms with Crippen LogP contribution >= 0.6 is 63.1 Å². The molecule has 9 N–H and O–H groups in total. The van der Waals surface area contributed by atoms with Gasteiger partial charge in [-0.3, -0.25) is 19.2 Å². The van der Waals surface area contributed by atoms with Crippen LogP contribution < -0.4 is 32.3 Å². The monoisotopic (exact) mass is 1250 g/mol. The van der Waals surface area contributed by atoms with Crippen molar-refractivity contribution in [2.75, 3.05) is 47.2 Å². The fourth-order valence-corrected chi connectivity index (χ4v) is 10.2. The summed E-state index contributed by atoms with van der Waals surface area (Å²) in [7, 11) is 3.91. The molecule has 22 heteroatoms. The first-order chi connectivity index (χ1) is 39.2. The normalized spacial score (nSPS) is 16.8. The second-order valence-corrected chi connectivity index (χ2v) is 21.7. The number of nitrogens with two attached hydrogens (primary N) is 1. The zero-order chi connectivity index (χ0) is 57.3. The summed E-state index contributed by atoms with van der Waals surface area (Å²) in [5.74, 6) is 0.689. The van der Waals surface area contributed by atoms with Gasteiger partial charge in [0.2, 0.25) is 34.9 Å². The van der Waals surface area contributed by atoms with E-state index in [1.54, 1.807) is 24.5 Å². The number of hydrogen-bond donors (Lipinski definition) is 8. The van der Waals surface area contributed by atoms with Crippen molar-refractivity contribution in [1.29, 1.82) is 0 Å². The minimum atomic E-state index is -0.431. The maximum atomic E-state index is 13.0. The number of carbonyl (C=O) groups excluding carboxylic acids is 4. The summed E-state index contributed by atoms with van der Waals surface area (Å²) in [4.78, 5) is 74.2. The number of amides is 3. The summed E-state index contributed by atoms with van der Waals surface area (Å²) >= 11 is 20.9. The molecule has 3 amide bonds. The largest absolute Gasteiger partial charge is 0.360 e. The van der Waals surface area contributed by atoms with Crippen LogP contribution in [0.5, 0.6) is 0 Å². The van der Waals surface area contributed by atoms with Gasteiger partial charge < -0.3 is 47.2 Å². The lowest BCUT2D eigenvalue weighted by Gasteiger charge is -2.28. The van der Waals surface area contributed by atoms with Crippen LogP contribution in [-0.4, -0.2) is 95.8 Å². The molecule has 2 aliphatic rings. The van der Waals surface area contributed by atoms with Crippen molar-refractivity contribution in [3.8, 4) is 22.5 Å². The number of rotatable bonds is 16. The topological polar surface area (TPSA) is 241 Å². The maximum absolute atomic E-state index is 13.0. The van der Waals surface area contributed by atoms with Crippen LogP contribution in [0.3, 0.4) is 0 Å². The summed E-state index contributed by atoms with van der Waals surface area (Å²) in [5.41, 5.74) is 14.0. The van der Waals surface area contributed by atoms with Crippen molar-refractivity contribution in [2.24, 2.45) is 17.6 Å². The number of carbonyl (C=O) groups is 4. The number of H-pyrrole nitrogens is 2. The summed E-state index contributed by atoms with van der Waals surface area (Å²) < 4.78 is 0. The van der Waals surface area contributed by atoms with Gasteiger partial charge >= 0.3 is 0 Å².